The normalized spacial score (nSPS) is 22.1. The van der Waals surface area contributed by atoms with Gasteiger partial charge in [0.05, 0.1) is 0 Å². The average Bonchev–Trinajstić information content (AvgIpc) is 2.28. The maximum Gasteiger partial charge on any atom is 0.115 e. The molecule has 1 aliphatic heterocycles. The number of nitrogens with zero attached hydrogens (tertiary/aromatic N) is 1. The van der Waals surface area contributed by atoms with E-state index in [9.17, 15) is 5.11 Å². The van der Waals surface area contributed by atoms with E-state index in [0.717, 1.165) is 26.2 Å². The quantitative estimate of drug-likeness (QED) is 0.842. The van der Waals surface area contributed by atoms with Gasteiger partial charge in [-0.05, 0) is 23.1 Å². The molecule has 2 N–H and O–H groups in total. The van der Waals surface area contributed by atoms with Gasteiger partial charge in [0, 0.05) is 32.2 Å². The zero-order chi connectivity index (χ0) is 13.2. The molecule has 1 aromatic rings. The molecule has 0 amide bonds. The zero-order valence-corrected chi connectivity index (χ0v) is 11.6. The number of aromatic hydroxyl groups is 1. The van der Waals surface area contributed by atoms with E-state index in [2.05, 4.69) is 37.1 Å². The molecule has 1 fully saturated rings. The van der Waals surface area contributed by atoms with Crippen LogP contribution in [0.5, 0.6) is 5.75 Å². The summed E-state index contributed by atoms with van der Waals surface area (Å²) in [7, 11) is 0. The van der Waals surface area contributed by atoms with Crippen LogP contribution < -0.4 is 5.32 Å². The van der Waals surface area contributed by atoms with Crippen molar-refractivity contribution in [2.24, 2.45) is 5.41 Å². The van der Waals surface area contributed by atoms with Crippen LogP contribution in [0.2, 0.25) is 0 Å². The van der Waals surface area contributed by atoms with Crippen LogP contribution in [0.3, 0.4) is 0 Å². The van der Waals surface area contributed by atoms with E-state index >= 15 is 0 Å². The summed E-state index contributed by atoms with van der Waals surface area (Å²) >= 11 is 0. The van der Waals surface area contributed by atoms with E-state index in [0.29, 0.717) is 11.8 Å². The summed E-state index contributed by atoms with van der Waals surface area (Å²) in [5, 5.41) is 13.1. The van der Waals surface area contributed by atoms with Gasteiger partial charge in [0.15, 0.2) is 0 Å². The molecule has 1 heterocycles. The largest absolute Gasteiger partial charge is 0.508 e. The van der Waals surface area contributed by atoms with Gasteiger partial charge in [0.2, 0.25) is 0 Å². The van der Waals surface area contributed by atoms with Crippen molar-refractivity contribution in [3.8, 4) is 5.75 Å². The Morgan fingerprint density at radius 1 is 1.39 bits per heavy atom. The highest BCUT2D eigenvalue weighted by molar-refractivity contribution is 5.27. The topological polar surface area (TPSA) is 35.5 Å². The van der Waals surface area contributed by atoms with Crippen LogP contribution in [0.25, 0.3) is 0 Å². The molecule has 3 heteroatoms. The molecule has 1 unspecified atom stereocenters. The minimum absolute atomic E-state index is 0.289. The molecular weight excluding hydrogens is 224 g/mol. The second-order valence-corrected chi connectivity index (χ2v) is 6.28. The fraction of sp³-hybridized carbons (Fsp3) is 0.600. The van der Waals surface area contributed by atoms with Gasteiger partial charge < -0.3 is 10.4 Å². The lowest BCUT2D eigenvalue weighted by molar-refractivity contribution is 0.129. The number of benzene rings is 1. The van der Waals surface area contributed by atoms with E-state index in [1.807, 2.05) is 12.1 Å². The molecular formula is C15H24N2O. The average molecular weight is 248 g/mol. The van der Waals surface area contributed by atoms with Crippen LogP contribution in [0.4, 0.5) is 0 Å². The molecule has 0 bridgehead atoms. The number of phenols is 1. The van der Waals surface area contributed by atoms with Crippen molar-refractivity contribution in [2.75, 3.05) is 19.6 Å². The number of hydrogen-bond acceptors (Lipinski definition) is 3. The van der Waals surface area contributed by atoms with E-state index in [1.54, 1.807) is 6.07 Å². The highest BCUT2D eigenvalue weighted by Gasteiger charge is 2.29. The summed E-state index contributed by atoms with van der Waals surface area (Å²) in [6.07, 6.45) is 0. The number of nitrogens with one attached hydrogen (secondary N) is 1. The predicted molar refractivity (Wildman–Crippen MR) is 74.6 cm³/mol. The molecule has 1 aromatic carbocycles. The lowest BCUT2D eigenvalue weighted by Gasteiger charge is -2.40. The molecule has 0 spiro atoms. The number of rotatable bonds is 2. The monoisotopic (exact) mass is 248 g/mol. The summed E-state index contributed by atoms with van der Waals surface area (Å²) in [6, 6.07) is 8.10. The van der Waals surface area contributed by atoms with Crippen molar-refractivity contribution in [3.63, 3.8) is 0 Å². The minimum Gasteiger partial charge on any atom is -0.508 e. The van der Waals surface area contributed by atoms with Crippen LogP contribution in [0, 0.1) is 5.41 Å². The zero-order valence-electron chi connectivity index (χ0n) is 11.6. The molecule has 2 rings (SSSR count). The maximum absolute atomic E-state index is 9.49. The van der Waals surface area contributed by atoms with Crippen molar-refractivity contribution < 1.29 is 5.11 Å². The van der Waals surface area contributed by atoms with Gasteiger partial charge in [-0.15, -0.1) is 0 Å². The van der Waals surface area contributed by atoms with Crippen molar-refractivity contribution in [1.29, 1.82) is 0 Å². The van der Waals surface area contributed by atoms with Gasteiger partial charge >= 0.3 is 0 Å². The van der Waals surface area contributed by atoms with Gasteiger partial charge in [0.25, 0.3) is 0 Å². The Morgan fingerprint density at radius 3 is 2.83 bits per heavy atom. The molecule has 3 nitrogen and oxygen atoms in total. The van der Waals surface area contributed by atoms with Crippen molar-refractivity contribution >= 4 is 0 Å². The van der Waals surface area contributed by atoms with Crippen LogP contribution >= 0.6 is 0 Å². The van der Waals surface area contributed by atoms with Crippen molar-refractivity contribution in [2.45, 2.75) is 33.4 Å². The lowest BCUT2D eigenvalue weighted by Crippen LogP contribution is -2.55. The Labute approximate surface area is 110 Å². The van der Waals surface area contributed by atoms with E-state index in [4.69, 9.17) is 0 Å². The summed E-state index contributed by atoms with van der Waals surface area (Å²) < 4.78 is 0. The molecule has 1 atom stereocenters. The van der Waals surface area contributed by atoms with Crippen molar-refractivity contribution in [3.05, 3.63) is 29.8 Å². The summed E-state index contributed by atoms with van der Waals surface area (Å²) in [6.45, 7) is 10.9. The summed E-state index contributed by atoms with van der Waals surface area (Å²) in [4.78, 5) is 2.46. The minimum atomic E-state index is 0.289. The Morgan fingerprint density at radius 2 is 2.17 bits per heavy atom. The van der Waals surface area contributed by atoms with Crippen LogP contribution in [0.15, 0.2) is 24.3 Å². The third-order valence-electron chi connectivity index (χ3n) is 3.62. The van der Waals surface area contributed by atoms with E-state index in [1.165, 1.54) is 5.56 Å². The molecule has 0 radical (unpaired) electrons. The molecule has 0 aliphatic carbocycles. The van der Waals surface area contributed by atoms with Crippen molar-refractivity contribution in [1.82, 2.24) is 10.2 Å². The smallest absolute Gasteiger partial charge is 0.115 e. The molecule has 100 valence electrons. The molecule has 0 saturated carbocycles. The Balaban J connectivity index is 1.98. The van der Waals surface area contributed by atoms with Gasteiger partial charge in [-0.25, -0.2) is 0 Å². The fourth-order valence-corrected chi connectivity index (χ4v) is 2.45. The first-order valence-corrected chi connectivity index (χ1v) is 6.69. The van der Waals surface area contributed by atoms with Gasteiger partial charge in [-0.2, -0.15) is 0 Å². The van der Waals surface area contributed by atoms with Crippen LogP contribution in [-0.2, 0) is 6.54 Å². The van der Waals surface area contributed by atoms with Crippen LogP contribution in [-0.4, -0.2) is 35.7 Å². The van der Waals surface area contributed by atoms with E-state index in [-0.39, 0.29) is 5.41 Å². The Hall–Kier alpha value is -1.06. The summed E-state index contributed by atoms with van der Waals surface area (Å²) in [5.74, 6) is 0.356. The third kappa shape index (κ3) is 3.47. The highest BCUT2D eigenvalue weighted by Crippen LogP contribution is 2.23. The number of phenolic OH excluding ortho intramolecular Hbond substituents is 1. The highest BCUT2D eigenvalue weighted by atomic mass is 16.3. The maximum atomic E-state index is 9.49. The summed E-state index contributed by atoms with van der Waals surface area (Å²) in [5.41, 5.74) is 1.47. The standard InChI is InChI=1S/C15H24N2O/c1-15(2,3)14-11-17(8-7-16-14)10-12-5-4-6-13(18)9-12/h4-6,9,14,16,18H,7-8,10-11H2,1-3H3. The van der Waals surface area contributed by atoms with Gasteiger partial charge in [-0.3, -0.25) is 4.90 Å². The second-order valence-electron chi connectivity index (χ2n) is 6.28. The molecule has 0 aromatic heterocycles. The first kappa shape index (κ1) is 13.4. The fourth-order valence-electron chi connectivity index (χ4n) is 2.45. The lowest BCUT2D eigenvalue weighted by atomic mass is 9.85. The third-order valence-corrected chi connectivity index (χ3v) is 3.62. The van der Waals surface area contributed by atoms with E-state index < -0.39 is 0 Å². The SMILES string of the molecule is CC(C)(C)C1CN(Cc2cccc(O)c2)CCN1. The Kier molecular flexibility index (Phi) is 3.93. The van der Waals surface area contributed by atoms with Gasteiger partial charge in [0.1, 0.15) is 5.75 Å². The molecule has 1 aliphatic rings. The number of piperazine rings is 1. The number of hydrogen-bond donors (Lipinski definition) is 2. The Bertz CT molecular complexity index is 398. The van der Waals surface area contributed by atoms with Crippen LogP contribution in [0.1, 0.15) is 26.3 Å². The van der Waals surface area contributed by atoms with Gasteiger partial charge in [-0.1, -0.05) is 32.9 Å². The predicted octanol–water partition coefficient (Wildman–Crippen LogP) is 2.21. The molecule has 1 saturated heterocycles. The molecule has 18 heavy (non-hydrogen) atoms. The first-order valence-electron chi connectivity index (χ1n) is 6.69. The first-order chi connectivity index (χ1) is 8.45. The second kappa shape index (κ2) is 5.29.